The van der Waals surface area contributed by atoms with Crippen LogP contribution in [0.25, 0.3) is 0 Å². The summed E-state index contributed by atoms with van der Waals surface area (Å²) in [5.41, 5.74) is 0. The second-order valence-corrected chi connectivity index (χ2v) is 4.98. The molecular weight excluding hydrogens is 418 g/mol. The average Bonchev–Trinajstić information content (AvgIpc) is 3.04. The van der Waals surface area contributed by atoms with Crippen molar-refractivity contribution in [2.45, 2.75) is 42.6 Å². The van der Waals surface area contributed by atoms with Gasteiger partial charge >= 0.3 is 36.0 Å². The molecule has 27 heavy (non-hydrogen) atoms. The Hall–Kier alpha value is -2.09. The fourth-order valence-corrected chi connectivity index (χ4v) is 1.57. The highest BCUT2D eigenvalue weighted by atomic mass is 19.4. The molecule has 3 nitrogen and oxygen atoms in total. The van der Waals surface area contributed by atoms with Gasteiger partial charge in [0.2, 0.25) is 0 Å². The van der Waals surface area contributed by atoms with E-state index in [-0.39, 0.29) is 5.76 Å². The molecule has 156 valence electrons. The lowest BCUT2D eigenvalue weighted by Gasteiger charge is -2.38. The zero-order chi connectivity index (χ0) is 21.5. The van der Waals surface area contributed by atoms with Crippen LogP contribution in [0.1, 0.15) is 5.76 Å². The van der Waals surface area contributed by atoms with Gasteiger partial charge in [0.05, 0.1) is 12.8 Å². The molecule has 1 aromatic rings. The third-order valence-electron chi connectivity index (χ3n) is 3.16. The maximum absolute atomic E-state index is 13.4. The first-order valence-electron chi connectivity index (χ1n) is 6.42. The summed E-state index contributed by atoms with van der Waals surface area (Å²) < 4.78 is 159. The number of carbonyl (C=O) groups is 1. The highest BCUT2D eigenvalue weighted by molar-refractivity contribution is 5.84. The minimum absolute atomic E-state index is 0.358. The summed E-state index contributed by atoms with van der Waals surface area (Å²) in [4.78, 5) is 11.1. The van der Waals surface area contributed by atoms with Crippen molar-refractivity contribution in [3.05, 3.63) is 24.2 Å². The Morgan fingerprint density at radius 1 is 0.926 bits per heavy atom. The minimum Gasteiger partial charge on any atom is -0.467 e. The predicted octanol–water partition coefficient (Wildman–Crippen LogP) is 4.34. The number of hydrogen-bond acceptors (Lipinski definition) is 2. The van der Waals surface area contributed by atoms with Crippen LogP contribution in [0.5, 0.6) is 0 Å². The van der Waals surface area contributed by atoms with Crippen LogP contribution in [0, 0.1) is 0 Å². The quantitative estimate of drug-likeness (QED) is 0.630. The molecule has 0 unspecified atom stereocenters. The van der Waals surface area contributed by atoms with Gasteiger partial charge in [-0.2, -0.15) is 43.9 Å². The third-order valence-corrected chi connectivity index (χ3v) is 3.16. The van der Waals surface area contributed by atoms with Crippen molar-refractivity contribution in [1.29, 1.82) is 0 Å². The Kier molecular flexibility index (Phi) is 5.79. The molecule has 0 aliphatic rings. The Morgan fingerprint density at radius 3 is 1.85 bits per heavy atom. The van der Waals surface area contributed by atoms with Gasteiger partial charge in [-0.1, -0.05) is 0 Å². The normalized spacial score (nSPS) is 14.6. The summed E-state index contributed by atoms with van der Waals surface area (Å²) in [6.45, 7) is -1.09. The molecule has 0 saturated heterocycles. The highest BCUT2D eigenvalue weighted by Gasteiger charge is 2.89. The summed E-state index contributed by atoms with van der Waals surface area (Å²) in [7, 11) is 0. The smallest absolute Gasteiger partial charge is 0.392 e. The van der Waals surface area contributed by atoms with Crippen molar-refractivity contribution in [2.75, 3.05) is 0 Å². The second-order valence-electron chi connectivity index (χ2n) is 4.98. The fraction of sp³-hybridized carbons (Fsp3) is 0.583. The van der Waals surface area contributed by atoms with Crippen LogP contribution >= 0.6 is 0 Å². The van der Waals surface area contributed by atoms with E-state index < -0.39 is 48.5 Å². The number of nitrogens with one attached hydrogen (secondary N) is 1. The highest BCUT2D eigenvalue weighted by Crippen LogP contribution is 2.58. The van der Waals surface area contributed by atoms with Gasteiger partial charge in [-0.05, 0) is 12.1 Å². The molecule has 0 aliphatic heterocycles. The first kappa shape index (κ1) is 23.0. The SMILES string of the molecule is O=C(NCc1ccco1)C(F)(F)C(F)(F)C(F)(F)C(F)(F)C(F)(F)C(F)F. The monoisotopic (exact) mass is 425 g/mol. The van der Waals surface area contributed by atoms with Gasteiger partial charge in [0.25, 0.3) is 5.91 Å². The summed E-state index contributed by atoms with van der Waals surface area (Å²) in [5.74, 6) is -40.3. The number of carbonyl (C=O) groups excluding carboxylic acids is 1. The van der Waals surface area contributed by atoms with Gasteiger partial charge in [-0.25, -0.2) is 8.78 Å². The molecule has 0 bridgehead atoms. The Labute approximate surface area is 141 Å². The predicted molar refractivity (Wildman–Crippen MR) is 61.3 cm³/mol. The average molecular weight is 425 g/mol. The van der Waals surface area contributed by atoms with E-state index in [1.165, 1.54) is 0 Å². The van der Waals surface area contributed by atoms with Crippen molar-refractivity contribution in [3.63, 3.8) is 0 Å². The van der Waals surface area contributed by atoms with E-state index in [4.69, 9.17) is 0 Å². The number of rotatable bonds is 8. The second kappa shape index (κ2) is 6.82. The van der Waals surface area contributed by atoms with E-state index in [0.717, 1.165) is 23.7 Å². The lowest BCUT2D eigenvalue weighted by molar-refractivity contribution is -0.407. The maximum Gasteiger partial charge on any atom is 0.392 e. The Bertz CT molecular complexity index is 655. The van der Waals surface area contributed by atoms with Crippen LogP contribution < -0.4 is 5.32 Å². The molecule has 0 aromatic carbocycles. The van der Waals surface area contributed by atoms with E-state index in [0.29, 0.717) is 0 Å². The van der Waals surface area contributed by atoms with Gasteiger partial charge in [0.15, 0.2) is 0 Å². The van der Waals surface area contributed by atoms with Crippen molar-refractivity contribution in [1.82, 2.24) is 5.32 Å². The zero-order valence-electron chi connectivity index (χ0n) is 12.4. The van der Waals surface area contributed by atoms with Gasteiger partial charge in [0.1, 0.15) is 5.76 Å². The van der Waals surface area contributed by atoms with E-state index in [1.54, 1.807) is 0 Å². The van der Waals surface area contributed by atoms with Crippen LogP contribution in [0.4, 0.5) is 52.7 Å². The van der Waals surface area contributed by atoms with E-state index in [2.05, 4.69) is 4.42 Å². The van der Waals surface area contributed by atoms with Crippen molar-refractivity contribution >= 4 is 5.91 Å². The number of halogens is 12. The van der Waals surface area contributed by atoms with Gasteiger partial charge in [-0.15, -0.1) is 0 Å². The van der Waals surface area contributed by atoms with Gasteiger partial charge in [0, 0.05) is 0 Å². The molecule has 1 amide bonds. The standard InChI is InChI=1S/C12H7F12NO2/c13-6(14)8(15,16)10(19,20)12(23,24)11(21,22)9(17,18)7(26)25-4-5-2-1-3-27-5/h1-3,6H,4H2,(H,25,26). The van der Waals surface area contributed by atoms with Crippen LogP contribution in [0.2, 0.25) is 0 Å². The lowest BCUT2D eigenvalue weighted by atomic mass is 9.94. The van der Waals surface area contributed by atoms with Gasteiger partial charge < -0.3 is 9.73 Å². The van der Waals surface area contributed by atoms with E-state index in [1.807, 2.05) is 0 Å². The molecule has 0 saturated carbocycles. The largest absolute Gasteiger partial charge is 0.467 e. The number of alkyl halides is 12. The van der Waals surface area contributed by atoms with Crippen molar-refractivity contribution in [2.24, 2.45) is 0 Å². The first-order chi connectivity index (χ1) is 11.9. The lowest BCUT2D eigenvalue weighted by Crippen LogP contribution is -2.70. The maximum atomic E-state index is 13.4. The fourth-order valence-electron chi connectivity index (χ4n) is 1.57. The molecule has 0 radical (unpaired) electrons. The summed E-state index contributed by atoms with van der Waals surface area (Å²) in [5, 5.41) is 0.940. The molecule has 0 fully saturated rings. The first-order valence-corrected chi connectivity index (χ1v) is 6.42. The van der Waals surface area contributed by atoms with Gasteiger partial charge in [-0.3, -0.25) is 4.79 Å². The number of furan rings is 1. The minimum atomic E-state index is -7.74. The zero-order valence-corrected chi connectivity index (χ0v) is 12.4. The molecular formula is C12H7F12NO2. The molecule has 0 aliphatic carbocycles. The summed E-state index contributed by atoms with van der Waals surface area (Å²) in [6.07, 6.45) is -4.68. The molecule has 1 rings (SSSR count). The molecule has 15 heteroatoms. The van der Waals surface area contributed by atoms with E-state index in [9.17, 15) is 57.5 Å². The number of amides is 1. The molecule has 1 N–H and O–H groups in total. The summed E-state index contributed by atoms with van der Waals surface area (Å²) in [6, 6.07) is 2.14. The Morgan fingerprint density at radius 2 is 1.44 bits per heavy atom. The van der Waals surface area contributed by atoms with E-state index >= 15 is 0 Å². The molecule has 0 atom stereocenters. The van der Waals surface area contributed by atoms with Crippen LogP contribution in [-0.2, 0) is 11.3 Å². The van der Waals surface area contributed by atoms with Crippen molar-refractivity contribution in [3.8, 4) is 0 Å². The molecule has 1 heterocycles. The Balaban J connectivity index is 3.21. The topological polar surface area (TPSA) is 42.2 Å². The van der Waals surface area contributed by atoms with Crippen LogP contribution in [-0.4, -0.2) is 41.9 Å². The molecule has 1 aromatic heterocycles. The van der Waals surface area contributed by atoms with Crippen LogP contribution in [0.15, 0.2) is 22.8 Å². The van der Waals surface area contributed by atoms with Crippen molar-refractivity contribution < 1.29 is 61.9 Å². The number of hydrogen-bond donors (Lipinski definition) is 1. The summed E-state index contributed by atoms with van der Waals surface area (Å²) >= 11 is 0. The third kappa shape index (κ3) is 3.42. The van der Waals surface area contributed by atoms with Crippen LogP contribution in [0.3, 0.4) is 0 Å². The molecule has 0 spiro atoms.